The number of carbonyl (C=O) groups excluding carboxylic acids is 2. The molecule has 0 saturated carbocycles. The van der Waals surface area contributed by atoms with E-state index < -0.39 is 23.2 Å². The van der Waals surface area contributed by atoms with E-state index in [0.717, 1.165) is 4.90 Å². The SMILES string of the molecule is COc1ccc(C2=NO[C@@]3(CC(=O)N(c4ccc(F)cc4)C3=O)C2)cc1OC. The highest BCUT2D eigenvalue weighted by atomic mass is 19.1. The number of amides is 2. The number of anilines is 1. The second-order valence-electron chi connectivity index (χ2n) is 6.56. The van der Waals surface area contributed by atoms with E-state index in [1.807, 2.05) is 0 Å². The van der Waals surface area contributed by atoms with Gasteiger partial charge >= 0.3 is 0 Å². The fourth-order valence-electron chi connectivity index (χ4n) is 3.42. The molecule has 0 N–H and O–H groups in total. The van der Waals surface area contributed by atoms with Gasteiger partial charge in [-0.2, -0.15) is 0 Å². The van der Waals surface area contributed by atoms with Crippen molar-refractivity contribution < 1.29 is 28.3 Å². The monoisotopic (exact) mass is 384 g/mol. The van der Waals surface area contributed by atoms with E-state index in [-0.39, 0.29) is 12.8 Å². The zero-order valence-corrected chi connectivity index (χ0v) is 15.3. The van der Waals surface area contributed by atoms with Crippen LogP contribution in [0.1, 0.15) is 18.4 Å². The minimum atomic E-state index is -1.38. The molecule has 2 amide bonds. The third-order valence-corrected chi connectivity index (χ3v) is 4.86. The van der Waals surface area contributed by atoms with Gasteiger partial charge in [-0.25, -0.2) is 9.29 Å². The van der Waals surface area contributed by atoms with Gasteiger partial charge in [0.25, 0.3) is 5.91 Å². The Hall–Kier alpha value is -3.42. The van der Waals surface area contributed by atoms with Crippen LogP contribution >= 0.6 is 0 Å². The van der Waals surface area contributed by atoms with Crippen molar-refractivity contribution >= 4 is 23.2 Å². The molecular weight excluding hydrogens is 367 g/mol. The first kappa shape index (κ1) is 18.0. The summed E-state index contributed by atoms with van der Waals surface area (Å²) in [6.45, 7) is 0. The molecule has 2 aromatic carbocycles. The van der Waals surface area contributed by atoms with Gasteiger partial charge in [0.1, 0.15) is 5.82 Å². The lowest BCUT2D eigenvalue weighted by Gasteiger charge is -2.19. The van der Waals surface area contributed by atoms with Gasteiger partial charge in [-0.3, -0.25) is 9.59 Å². The van der Waals surface area contributed by atoms with Crippen LogP contribution in [0.15, 0.2) is 47.6 Å². The first-order valence-corrected chi connectivity index (χ1v) is 8.58. The molecule has 0 bridgehead atoms. The van der Waals surface area contributed by atoms with Crippen molar-refractivity contribution in [3.05, 3.63) is 53.8 Å². The summed E-state index contributed by atoms with van der Waals surface area (Å²) in [5, 5.41) is 4.06. The third-order valence-electron chi connectivity index (χ3n) is 4.86. The van der Waals surface area contributed by atoms with Crippen molar-refractivity contribution in [2.45, 2.75) is 18.4 Å². The van der Waals surface area contributed by atoms with E-state index in [0.29, 0.717) is 28.5 Å². The van der Waals surface area contributed by atoms with E-state index in [1.54, 1.807) is 18.2 Å². The van der Waals surface area contributed by atoms with Crippen LogP contribution in [0.5, 0.6) is 11.5 Å². The molecule has 0 unspecified atom stereocenters. The quantitative estimate of drug-likeness (QED) is 0.758. The second kappa shape index (κ2) is 6.63. The Labute approximate surface area is 160 Å². The zero-order valence-electron chi connectivity index (χ0n) is 15.3. The highest BCUT2D eigenvalue weighted by Gasteiger charge is 2.58. The minimum absolute atomic E-state index is 0.135. The Kier molecular flexibility index (Phi) is 4.26. The van der Waals surface area contributed by atoms with Crippen LogP contribution in [0.3, 0.4) is 0 Å². The molecular formula is C20H17FN2O5. The van der Waals surface area contributed by atoms with Crippen LogP contribution in [-0.2, 0) is 14.4 Å². The Balaban J connectivity index is 1.59. The molecule has 7 nitrogen and oxygen atoms in total. The lowest BCUT2D eigenvalue weighted by molar-refractivity contribution is -0.136. The van der Waals surface area contributed by atoms with Crippen molar-refractivity contribution in [1.29, 1.82) is 0 Å². The zero-order chi connectivity index (χ0) is 19.9. The first-order chi connectivity index (χ1) is 13.5. The van der Waals surface area contributed by atoms with Crippen molar-refractivity contribution in [2.24, 2.45) is 5.16 Å². The Morgan fingerprint density at radius 2 is 1.75 bits per heavy atom. The summed E-state index contributed by atoms with van der Waals surface area (Å²) in [7, 11) is 3.06. The maximum atomic E-state index is 13.2. The minimum Gasteiger partial charge on any atom is -0.493 e. The lowest BCUT2D eigenvalue weighted by atomic mass is 9.92. The van der Waals surface area contributed by atoms with Crippen LogP contribution in [0.2, 0.25) is 0 Å². The van der Waals surface area contributed by atoms with E-state index in [2.05, 4.69) is 5.16 Å². The molecule has 2 aromatic rings. The predicted octanol–water partition coefficient (Wildman–Crippen LogP) is 2.67. The van der Waals surface area contributed by atoms with Crippen LogP contribution in [0, 0.1) is 5.82 Å². The number of nitrogens with zero attached hydrogens (tertiary/aromatic N) is 2. The average Bonchev–Trinajstić information content (AvgIpc) is 3.23. The molecule has 0 radical (unpaired) electrons. The van der Waals surface area contributed by atoms with Crippen molar-refractivity contribution in [3.8, 4) is 11.5 Å². The molecule has 2 aliphatic heterocycles. The number of benzene rings is 2. The van der Waals surface area contributed by atoms with Gasteiger partial charge in [-0.15, -0.1) is 0 Å². The van der Waals surface area contributed by atoms with E-state index in [9.17, 15) is 14.0 Å². The number of methoxy groups -OCH3 is 2. The summed E-state index contributed by atoms with van der Waals surface area (Å²) in [5.74, 6) is -0.294. The van der Waals surface area contributed by atoms with Gasteiger partial charge in [-0.1, -0.05) is 5.16 Å². The normalized spacial score (nSPS) is 21.1. The van der Waals surface area contributed by atoms with Gasteiger partial charge in [0, 0.05) is 12.0 Å². The molecule has 1 atom stereocenters. The fraction of sp³-hybridized carbons (Fsp3) is 0.250. The Bertz CT molecular complexity index is 989. The van der Waals surface area contributed by atoms with Crippen molar-refractivity contribution in [1.82, 2.24) is 0 Å². The number of ether oxygens (including phenoxy) is 2. The number of halogens is 1. The van der Waals surface area contributed by atoms with Gasteiger partial charge in [0.05, 0.1) is 32.0 Å². The summed E-state index contributed by atoms with van der Waals surface area (Å²) in [4.78, 5) is 32.0. The molecule has 0 aliphatic carbocycles. The average molecular weight is 384 g/mol. The number of imide groups is 1. The highest BCUT2D eigenvalue weighted by Crippen LogP contribution is 2.40. The topological polar surface area (TPSA) is 77.4 Å². The lowest BCUT2D eigenvalue weighted by Crippen LogP contribution is -2.40. The van der Waals surface area contributed by atoms with Crippen LogP contribution in [-0.4, -0.2) is 37.3 Å². The molecule has 2 aliphatic rings. The van der Waals surface area contributed by atoms with E-state index >= 15 is 0 Å². The van der Waals surface area contributed by atoms with Crippen molar-refractivity contribution in [2.75, 3.05) is 19.1 Å². The van der Waals surface area contributed by atoms with Gasteiger partial charge < -0.3 is 14.3 Å². The summed E-state index contributed by atoms with van der Waals surface area (Å²) >= 11 is 0. The number of oxime groups is 1. The summed E-state index contributed by atoms with van der Waals surface area (Å²) in [6, 6.07) is 10.4. The van der Waals surface area contributed by atoms with Crippen molar-refractivity contribution in [3.63, 3.8) is 0 Å². The molecule has 28 heavy (non-hydrogen) atoms. The number of carbonyl (C=O) groups is 2. The maximum Gasteiger partial charge on any atom is 0.281 e. The number of hydrogen-bond acceptors (Lipinski definition) is 6. The van der Waals surface area contributed by atoms with Gasteiger partial charge in [-0.05, 0) is 42.5 Å². The van der Waals surface area contributed by atoms with Crippen LogP contribution in [0.4, 0.5) is 10.1 Å². The molecule has 1 saturated heterocycles. The summed E-state index contributed by atoms with van der Waals surface area (Å²) in [5.41, 5.74) is 0.156. The van der Waals surface area contributed by atoms with Crippen LogP contribution in [0.25, 0.3) is 0 Å². The Morgan fingerprint density at radius 3 is 2.43 bits per heavy atom. The molecule has 0 aromatic heterocycles. The largest absolute Gasteiger partial charge is 0.493 e. The first-order valence-electron chi connectivity index (χ1n) is 8.58. The van der Waals surface area contributed by atoms with Gasteiger partial charge in [0.2, 0.25) is 11.5 Å². The standard InChI is InChI=1S/C20H17FN2O5/c1-26-16-8-3-12(9-17(16)27-2)15-10-20(28-22-15)11-18(24)23(19(20)25)14-6-4-13(21)5-7-14/h3-9H,10-11H2,1-2H3/t20-/m1/s1. The third kappa shape index (κ3) is 2.77. The number of hydrogen-bond donors (Lipinski definition) is 0. The van der Waals surface area contributed by atoms with Crippen LogP contribution < -0.4 is 14.4 Å². The van der Waals surface area contributed by atoms with E-state index in [4.69, 9.17) is 14.3 Å². The summed E-state index contributed by atoms with van der Waals surface area (Å²) in [6.07, 6.45) is 0.00818. The molecule has 8 heteroatoms. The highest BCUT2D eigenvalue weighted by molar-refractivity contribution is 6.25. The number of rotatable bonds is 4. The summed E-state index contributed by atoms with van der Waals surface area (Å²) < 4.78 is 23.7. The molecule has 4 rings (SSSR count). The second-order valence-corrected chi connectivity index (χ2v) is 6.56. The molecule has 144 valence electrons. The molecule has 1 fully saturated rings. The fourth-order valence-corrected chi connectivity index (χ4v) is 3.42. The maximum absolute atomic E-state index is 13.2. The van der Waals surface area contributed by atoms with E-state index in [1.165, 1.54) is 38.5 Å². The predicted molar refractivity (Wildman–Crippen MR) is 98.0 cm³/mol. The van der Waals surface area contributed by atoms with Gasteiger partial charge in [0.15, 0.2) is 11.5 Å². The molecule has 1 spiro atoms. The smallest absolute Gasteiger partial charge is 0.281 e. The Morgan fingerprint density at radius 1 is 1.04 bits per heavy atom. The molecule has 2 heterocycles.